The largest absolute Gasteiger partial charge is 0.508 e. The maximum atomic E-state index is 12.2. The number of aliphatic hydroxyl groups is 2. The number of unbranched alkanes of at least 4 members (excludes halogenated alkanes) is 1. The van der Waals surface area contributed by atoms with Crippen LogP contribution in [-0.2, 0) is 9.59 Å². The van der Waals surface area contributed by atoms with Crippen molar-refractivity contribution in [3.05, 3.63) is 23.7 Å². The molecule has 1 rings (SSSR count). The highest BCUT2D eigenvalue weighted by atomic mass is 16.4. The van der Waals surface area contributed by atoms with Gasteiger partial charge in [0, 0.05) is 18.8 Å². The molecule has 1 aliphatic carbocycles. The van der Waals surface area contributed by atoms with Crippen LogP contribution in [0.2, 0.25) is 0 Å². The van der Waals surface area contributed by atoms with E-state index >= 15 is 0 Å². The van der Waals surface area contributed by atoms with Crippen LogP contribution >= 0.6 is 0 Å². The van der Waals surface area contributed by atoms with Gasteiger partial charge in [-0.1, -0.05) is 51.7 Å². The molecule has 154 valence electrons. The molecule has 1 unspecified atom stereocenters. The number of ketones is 1. The van der Waals surface area contributed by atoms with Crippen molar-refractivity contribution in [2.45, 2.75) is 84.5 Å². The molecule has 27 heavy (non-hydrogen) atoms. The molecule has 0 saturated heterocycles. The maximum Gasteiger partial charge on any atom is 0.374 e. The van der Waals surface area contributed by atoms with Crippen molar-refractivity contribution in [3.8, 4) is 0 Å². The number of carbonyl (C=O) groups excluding carboxylic acids is 1. The Morgan fingerprint density at radius 1 is 1.19 bits per heavy atom. The van der Waals surface area contributed by atoms with E-state index in [2.05, 4.69) is 26.0 Å². The highest BCUT2D eigenvalue weighted by molar-refractivity contribution is 5.84. The van der Waals surface area contributed by atoms with Gasteiger partial charge in [-0.05, 0) is 43.9 Å². The van der Waals surface area contributed by atoms with E-state index in [1.165, 1.54) is 25.7 Å². The zero-order valence-corrected chi connectivity index (χ0v) is 16.8. The van der Waals surface area contributed by atoms with Crippen LogP contribution in [0, 0.1) is 17.8 Å². The first-order chi connectivity index (χ1) is 12.9. The molecule has 0 heterocycles. The number of hydrogen-bond donors (Lipinski definition) is 3. The second-order valence-corrected chi connectivity index (χ2v) is 7.69. The van der Waals surface area contributed by atoms with Gasteiger partial charge in [0.15, 0.2) is 0 Å². The third-order valence-corrected chi connectivity index (χ3v) is 5.71. The fourth-order valence-corrected chi connectivity index (χ4v) is 4.00. The second-order valence-electron chi connectivity index (χ2n) is 7.69. The summed E-state index contributed by atoms with van der Waals surface area (Å²) < 4.78 is 0. The average molecular weight is 381 g/mol. The van der Waals surface area contributed by atoms with Gasteiger partial charge in [-0.2, -0.15) is 0 Å². The third-order valence-electron chi connectivity index (χ3n) is 5.71. The first kappa shape index (κ1) is 23.3. The lowest BCUT2D eigenvalue weighted by molar-refractivity contribution is -0.136. The first-order valence-electron chi connectivity index (χ1n) is 10.4. The highest BCUT2D eigenvalue weighted by Crippen LogP contribution is 2.34. The molecule has 3 N–H and O–H groups in total. The lowest BCUT2D eigenvalue weighted by Gasteiger charge is -2.15. The first-order valence-corrected chi connectivity index (χ1v) is 10.4. The number of aliphatic hydroxyl groups excluding tert-OH is 2. The predicted octanol–water partition coefficient (Wildman–Crippen LogP) is 5.72. The lowest BCUT2D eigenvalue weighted by Crippen LogP contribution is -2.13. The van der Waals surface area contributed by atoms with Gasteiger partial charge < -0.3 is 15.3 Å². The summed E-state index contributed by atoms with van der Waals surface area (Å²) in [4.78, 5) is 22.7. The Balaban J connectivity index is 2.40. The topological polar surface area (TPSA) is 94.8 Å². The number of hydrogen-bond acceptors (Lipinski definition) is 4. The van der Waals surface area contributed by atoms with E-state index in [0.717, 1.165) is 31.6 Å². The van der Waals surface area contributed by atoms with E-state index in [-0.39, 0.29) is 12.3 Å². The zero-order valence-electron chi connectivity index (χ0n) is 16.8. The van der Waals surface area contributed by atoms with E-state index in [1.807, 2.05) is 0 Å². The minimum Gasteiger partial charge on any atom is -0.508 e. The molecule has 1 aliphatic rings. The summed E-state index contributed by atoms with van der Waals surface area (Å²) in [6.45, 7) is 4.48. The SMILES string of the molecule is CCCC(CC)CC/C=C/[C@H]1CCC(=O)[C@@H]1CCCC/C(O)=C(\O)C(=O)O. The molecule has 0 amide bonds. The lowest BCUT2D eigenvalue weighted by atomic mass is 9.89. The minimum atomic E-state index is -1.52. The molecule has 0 bridgehead atoms. The van der Waals surface area contributed by atoms with E-state index in [9.17, 15) is 14.7 Å². The van der Waals surface area contributed by atoms with Crippen molar-refractivity contribution in [3.63, 3.8) is 0 Å². The summed E-state index contributed by atoms with van der Waals surface area (Å²) >= 11 is 0. The number of carboxylic acids is 1. The summed E-state index contributed by atoms with van der Waals surface area (Å²) in [5.41, 5.74) is 0. The molecule has 0 aromatic rings. The fraction of sp³-hybridized carbons (Fsp3) is 0.727. The Kier molecular flexibility index (Phi) is 10.8. The number of carbonyl (C=O) groups is 2. The fourth-order valence-electron chi connectivity index (χ4n) is 4.00. The Morgan fingerprint density at radius 2 is 1.93 bits per heavy atom. The van der Waals surface area contributed by atoms with Gasteiger partial charge in [-0.25, -0.2) is 4.79 Å². The van der Waals surface area contributed by atoms with E-state index in [1.54, 1.807) is 0 Å². The van der Waals surface area contributed by atoms with Crippen molar-refractivity contribution in [2.75, 3.05) is 0 Å². The molecule has 1 fully saturated rings. The van der Waals surface area contributed by atoms with Gasteiger partial charge in [0.25, 0.3) is 0 Å². The van der Waals surface area contributed by atoms with Gasteiger partial charge in [0.05, 0.1) is 0 Å². The Bertz CT molecular complexity index is 535. The zero-order chi connectivity index (χ0) is 20.2. The Hall–Kier alpha value is -1.78. The van der Waals surface area contributed by atoms with Crippen LogP contribution in [0.15, 0.2) is 23.7 Å². The van der Waals surface area contributed by atoms with E-state index in [0.29, 0.717) is 24.5 Å². The van der Waals surface area contributed by atoms with Crippen molar-refractivity contribution in [2.24, 2.45) is 17.8 Å². The molecule has 3 atom stereocenters. The monoisotopic (exact) mass is 380 g/mol. The van der Waals surface area contributed by atoms with Gasteiger partial charge >= 0.3 is 5.97 Å². The van der Waals surface area contributed by atoms with Crippen LogP contribution in [0.4, 0.5) is 0 Å². The number of Topliss-reactive ketones (excluding diaryl/α,β-unsaturated/α-hetero) is 1. The van der Waals surface area contributed by atoms with Gasteiger partial charge in [-0.3, -0.25) is 4.79 Å². The van der Waals surface area contributed by atoms with E-state index in [4.69, 9.17) is 10.2 Å². The number of carboxylic acid groups (broad SMARTS) is 1. The van der Waals surface area contributed by atoms with Crippen molar-refractivity contribution >= 4 is 11.8 Å². The molecule has 0 aromatic heterocycles. The van der Waals surface area contributed by atoms with Crippen LogP contribution in [0.3, 0.4) is 0 Å². The van der Waals surface area contributed by atoms with Crippen LogP contribution in [0.25, 0.3) is 0 Å². The summed E-state index contributed by atoms with van der Waals surface area (Å²) in [6.07, 6.45) is 14.2. The summed E-state index contributed by atoms with van der Waals surface area (Å²) in [5.74, 6) is -1.54. The quantitative estimate of drug-likeness (QED) is 0.164. The summed E-state index contributed by atoms with van der Waals surface area (Å²) in [7, 11) is 0. The number of allylic oxidation sites excluding steroid dienone is 3. The van der Waals surface area contributed by atoms with Crippen LogP contribution in [0.1, 0.15) is 84.5 Å². The molecule has 1 saturated carbocycles. The normalized spacial score (nSPS) is 22.2. The molecule has 0 spiro atoms. The maximum absolute atomic E-state index is 12.2. The summed E-state index contributed by atoms with van der Waals surface area (Å²) in [5, 5.41) is 27.3. The molecule has 0 radical (unpaired) electrons. The van der Waals surface area contributed by atoms with Crippen LogP contribution in [-0.4, -0.2) is 27.1 Å². The highest BCUT2D eigenvalue weighted by Gasteiger charge is 2.32. The molecule has 0 aromatic carbocycles. The van der Waals surface area contributed by atoms with Gasteiger partial charge in [0.2, 0.25) is 5.76 Å². The molecule has 5 heteroatoms. The number of aliphatic carboxylic acids is 1. The van der Waals surface area contributed by atoms with E-state index < -0.39 is 17.5 Å². The van der Waals surface area contributed by atoms with Crippen LogP contribution < -0.4 is 0 Å². The Morgan fingerprint density at radius 3 is 2.56 bits per heavy atom. The summed E-state index contributed by atoms with van der Waals surface area (Å²) in [6, 6.07) is 0. The van der Waals surface area contributed by atoms with Crippen LogP contribution in [0.5, 0.6) is 0 Å². The molecular weight excluding hydrogens is 344 g/mol. The van der Waals surface area contributed by atoms with Crippen molar-refractivity contribution < 1.29 is 24.9 Å². The smallest absolute Gasteiger partial charge is 0.374 e. The standard InChI is InChI=1S/C22H36O5/c1-3-9-16(4-2)10-5-6-11-17-14-15-19(23)18(17)12-7-8-13-20(24)21(25)22(26)27/h6,11,16-18,24-25H,3-5,7-10,12-15H2,1-2H3,(H,26,27)/b11-6+,21-20+/t16?,17-,18+/m0/s1. The van der Waals surface area contributed by atoms with Crippen molar-refractivity contribution in [1.29, 1.82) is 0 Å². The van der Waals surface area contributed by atoms with Gasteiger partial charge in [0.1, 0.15) is 11.5 Å². The van der Waals surface area contributed by atoms with Gasteiger partial charge in [-0.15, -0.1) is 0 Å². The minimum absolute atomic E-state index is 0.0399. The molecule has 0 aliphatic heterocycles. The average Bonchev–Trinajstić information content (AvgIpc) is 3.00. The molecule has 5 nitrogen and oxygen atoms in total. The second kappa shape index (κ2) is 12.6. The number of rotatable bonds is 13. The molecular formula is C22H36O5. The third kappa shape index (κ3) is 8.19. The van der Waals surface area contributed by atoms with Crippen molar-refractivity contribution in [1.82, 2.24) is 0 Å². The Labute approximate surface area is 163 Å². The predicted molar refractivity (Wildman–Crippen MR) is 107 cm³/mol.